The molecule has 1 N–H and O–H groups in total. The number of hydrogen-bond acceptors (Lipinski definition) is 4. The van der Waals surface area contributed by atoms with E-state index in [2.05, 4.69) is 10.4 Å². The van der Waals surface area contributed by atoms with Gasteiger partial charge in [-0.2, -0.15) is 5.10 Å². The SMILES string of the molecule is CCn1ncc(CNC(=O)[C@H]2CCCC[C@H]2C(=O)[O-])c1C. The van der Waals surface area contributed by atoms with Crippen LogP contribution < -0.4 is 10.4 Å². The third kappa shape index (κ3) is 3.43. The fourth-order valence-electron chi connectivity index (χ4n) is 3.02. The highest BCUT2D eigenvalue weighted by Gasteiger charge is 2.31. The summed E-state index contributed by atoms with van der Waals surface area (Å²) in [5.41, 5.74) is 1.99. The Balaban J connectivity index is 1.97. The standard InChI is InChI=1S/C15H23N3O3/c1-3-18-10(2)11(9-17-18)8-16-14(19)12-6-4-5-7-13(12)15(20)21/h9,12-13H,3-8H2,1-2H3,(H,16,19)(H,20,21)/p-1/t12-,13+/m0/s1. The fraction of sp³-hybridized carbons (Fsp3) is 0.667. The van der Waals surface area contributed by atoms with Gasteiger partial charge in [0.2, 0.25) is 5.91 Å². The van der Waals surface area contributed by atoms with Crippen LogP contribution in [0.15, 0.2) is 6.20 Å². The number of carboxylic acids is 1. The van der Waals surface area contributed by atoms with Gasteiger partial charge in [-0.25, -0.2) is 0 Å². The second-order valence-corrected chi connectivity index (χ2v) is 5.61. The number of aromatic nitrogens is 2. The zero-order valence-electron chi connectivity index (χ0n) is 12.6. The maximum absolute atomic E-state index is 12.2. The molecular weight excluding hydrogens is 270 g/mol. The van der Waals surface area contributed by atoms with Crippen LogP contribution in [0.25, 0.3) is 0 Å². The van der Waals surface area contributed by atoms with Gasteiger partial charge in [-0.15, -0.1) is 0 Å². The number of aryl methyl sites for hydroxylation is 1. The van der Waals surface area contributed by atoms with Crippen LogP contribution in [-0.2, 0) is 22.7 Å². The van der Waals surface area contributed by atoms with Crippen LogP contribution in [0.3, 0.4) is 0 Å². The number of nitrogens with zero attached hydrogens (tertiary/aromatic N) is 2. The molecule has 21 heavy (non-hydrogen) atoms. The number of amides is 1. The first kappa shape index (κ1) is 15.5. The molecule has 1 aromatic heterocycles. The summed E-state index contributed by atoms with van der Waals surface area (Å²) in [5, 5.41) is 18.2. The maximum atomic E-state index is 12.2. The lowest BCUT2D eigenvalue weighted by Gasteiger charge is -2.31. The van der Waals surface area contributed by atoms with Crippen LogP contribution in [-0.4, -0.2) is 21.7 Å². The molecule has 1 aliphatic rings. The van der Waals surface area contributed by atoms with Gasteiger partial charge in [0, 0.05) is 42.2 Å². The number of hydrogen-bond donors (Lipinski definition) is 1. The quantitative estimate of drug-likeness (QED) is 0.850. The molecule has 2 rings (SSSR count). The molecular formula is C15H22N3O3-. The second kappa shape index (κ2) is 6.74. The van der Waals surface area contributed by atoms with E-state index in [0.717, 1.165) is 30.6 Å². The highest BCUT2D eigenvalue weighted by molar-refractivity contribution is 5.84. The highest BCUT2D eigenvalue weighted by Crippen LogP contribution is 2.29. The Morgan fingerprint density at radius 2 is 2.05 bits per heavy atom. The van der Waals surface area contributed by atoms with E-state index in [-0.39, 0.29) is 5.91 Å². The van der Waals surface area contributed by atoms with Crippen LogP contribution in [0.5, 0.6) is 0 Å². The van der Waals surface area contributed by atoms with Gasteiger partial charge < -0.3 is 15.2 Å². The van der Waals surface area contributed by atoms with Crippen LogP contribution in [0.1, 0.15) is 43.9 Å². The number of nitrogens with one attached hydrogen (secondary N) is 1. The topological polar surface area (TPSA) is 87.0 Å². The van der Waals surface area contributed by atoms with Crippen molar-refractivity contribution in [3.8, 4) is 0 Å². The Kier molecular flexibility index (Phi) is 4.98. The van der Waals surface area contributed by atoms with Crippen molar-refractivity contribution in [2.75, 3.05) is 0 Å². The molecule has 0 aromatic carbocycles. The lowest BCUT2D eigenvalue weighted by atomic mass is 9.78. The average molecular weight is 292 g/mol. The van der Waals surface area contributed by atoms with E-state index in [1.807, 2.05) is 18.5 Å². The molecule has 0 unspecified atom stereocenters. The Hall–Kier alpha value is -1.85. The van der Waals surface area contributed by atoms with Gasteiger partial charge in [0.15, 0.2) is 0 Å². The first-order chi connectivity index (χ1) is 10.0. The minimum atomic E-state index is -1.11. The molecule has 6 nitrogen and oxygen atoms in total. The number of carbonyl (C=O) groups excluding carboxylic acids is 2. The lowest BCUT2D eigenvalue weighted by Crippen LogP contribution is -2.44. The predicted octanol–water partition coefficient (Wildman–Crippen LogP) is 0.384. The van der Waals surface area contributed by atoms with Gasteiger partial charge in [-0.3, -0.25) is 9.48 Å². The number of carbonyl (C=O) groups is 2. The first-order valence-electron chi connectivity index (χ1n) is 7.54. The van der Waals surface area contributed by atoms with Crippen molar-refractivity contribution in [2.24, 2.45) is 11.8 Å². The van der Waals surface area contributed by atoms with E-state index in [1.54, 1.807) is 6.20 Å². The van der Waals surface area contributed by atoms with Crippen LogP contribution in [0, 0.1) is 18.8 Å². The summed E-state index contributed by atoms with van der Waals surface area (Å²) < 4.78 is 1.87. The summed E-state index contributed by atoms with van der Waals surface area (Å²) in [4.78, 5) is 23.4. The fourth-order valence-corrected chi connectivity index (χ4v) is 3.02. The zero-order chi connectivity index (χ0) is 15.4. The minimum absolute atomic E-state index is 0.187. The molecule has 1 saturated carbocycles. The summed E-state index contributed by atoms with van der Waals surface area (Å²) in [6, 6.07) is 0. The Morgan fingerprint density at radius 1 is 1.38 bits per heavy atom. The van der Waals surface area contributed by atoms with E-state index < -0.39 is 17.8 Å². The van der Waals surface area contributed by atoms with E-state index in [4.69, 9.17) is 0 Å². The van der Waals surface area contributed by atoms with Crippen molar-refractivity contribution in [2.45, 2.75) is 52.6 Å². The van der Waals surface area contributed by atoms with Crippen LogP contribution >= 0.6 is 0 Å². The van der Waals surface area contributed by atoms with Crippen molar-refractivity contribution in [1.29, 1.82) is 0 Å². The molecule has 1 heterocycles. The van der Waals surface area contributed by atoms with Crippen LogP contribution in [0.2, 0.25) is 0 Å². The molecule has 1 fully saturated rings. The third-order valence-electron chi connectivity index (χ3n) is 4.36. The van der Waals surface area contributed by atoms with E-state index >= 15 is 0 Å². The third-order valence-corrected chi connectivity index (χ3v) is 4.36. The second-order valence-electron chi connectivity index (χ2n) is 5.61. The van der Waals surface area contributed by atoms with Gasteiger partial charge in [-0.05, 0) is 26.7 Å². The smallest absolute Gasteiger partial charge is 0.224 e. The molecule has 1 amide bonds. The van der Waals surface area contributed by atoms with Crippen molar-refractivity contribution < 1.29 is 14.7 Å². The van der Waals surface area contributed by atoms with E-state index in [1.165, 1.54) is 0 Å². The molecule has 0 bridgehead atoms. The number of aliphatic carboxylic acids is 1. The van der Waals surface area contributed by atoms with Crippen molar-refractivity contribution >= 4 is 11.9 Å². The van der Waals surface area contributed by atoms with Gasteiger partial charge in [0.1, 0.15) is 0 Å². The highest BCUT2D eigenvalue weighted by atomic mass is 16.4. The Bertz CT molecular complexity index is 524. The molecule has 2 atom stereocenters. The van der Waals surface area contributed by atoms with Crippen LogP contribution in [0.4, 0.5) is 0 Å². The van der Waals surface area contributed by atoms with Crippen molar-refractivity contribution in [3.63, 3.8) is 0 Å². The molecule has 0 aliphatic heterocycles. The lowest BCUT2D eigenvalue weighted by molar-refractivity contribution is -0.314. The monoisotopic (exact) mass is 292 g/mol. The molecule has 1 aromatic rings. The molecule has 6 heteroatoms. The maximum Gasteiger partial charge on any atom is 0.224 e. The average Bonchev–Trinajstić information content (AvgIpc) is 2.85. The zero-order valence-corrected chi connectivity index (χ0v) is 12.6. The van der Waals surface area contributed by atoms with Gasteiger partial charge in [0.25, 0.3) is 0 Å². The van der Waals surface area contributed by atoms with Gasteiger partial charge in [0.05, 0.1) is 6.20 Å². The van der Waals surface area contributed by atoms with Gasteiger partial charge in [-0.1, -0.05) is 12.8 Å². The van der Waals surface area contributed by atoms with Gasteiger partial charge >= 0.3 is 0 Å². The molecule has 1 aliphatic carbocycles. The Morgan fingerprint density at radius 3 is 2.62 bits per heavy atom. The minimum Gasteiger partial charge on any atom is -0.550 e. The molecule has 116 valence electrons. The summed E-state index contributed by atoms with van der Waals surface area (Å²) in [7, 11) is 0. The normalized spacial score (nSPS) is 22.0. The summed E-state index contributed by atoms with van der Waals surface area (Å²) >= 11 is 0. The number of rotatable bonds is 5. The molecule has 0 spiro atoms. The Labute approximate surface area is 124 Å². The molecule has 0 saturated heterocycles. The predicted molar refractivity (Wildman–Crippen MR) is 74.9 cm³/mol. The van der Waals surface area contributed by atoms with Crippen molar-refractivity contribution in [1.82, 2.24) is 15.1 Å². The summed E-state index contributed by atoms with van der Waals surface area (Å²) in [6.45, 7) is 5.15. The summed E-state index contributed by atoms with van der Waals surface area (Å²) in [6.07, 6.45) is 4.65. The van der Waals surface area contributed by atoms with E-state index in [0.29, 0.717) is 19.4 Å². The van der Waals surface area contributed by atoms with E-state index in [9.17, 15) is 14.7 Å². The first-order valence-corrected chi connectivity index (χ1v) is 7.54. The largest absolute Gasteiger partial charge is 0.550 e. The van der Waals surface area contributed by atoms with Crippen molar-refractivity contribution in [3.05, 3.63) is 17.5 Å². The number of carboxylic acid groups (broad SMARTS) is 1. The molecule has 0 radical (unpaired) electrons. The summed E-state index contributed by atoms with van der Waals surface area (Å²) in [5.74, 6) is -2.42.